The van der Waals surface area contributed by atoms with Crippen LogP contribution >= 0.6 is 23.2 Å². The summed E-state index contributed by atoms with van der Waals surface area (Å²) in [5, 5.41) is 1.91. The van der Waals surface area contributed by atoms with Gasteiger partial charge in [-0.3, -0.25) is 0 Å². The maximum Gasteiger partial charge on any atom is 0.0814 e. The predicted molar refractivity (Wildman–Crippen MR) is 108 cm³/mol. The number of rotatable bonds is 2. The Morgan fingerprint density at radius 2 is 0.870 bits per heavy atom. The van der Waals surface area contributed by atoms with E-state index < -0.39 is 8.07 Å². The summed E-state index contributed by atoms with van der Waals surface area (Å²) in [5.74, 6) is 0. The third-order valence-electron chi connectivity index (χ3n) is 7.79. The summed E-state index contributed by atoms with van der Waals surface area (Å²) in [7, 11) is -2.00. The van der Waals surface area contributed by atoms with Crippen molar-refractivity contribution in [1.29, 1.82) is 0 Å². The first-order valence-corrected chi connectivity index (χ1v) is 12.1. The van der Waals surface area contributed by atoms with Crippen LogP contribution in [-0.4, -0.2) is 8.07 Å². The molecule has 23 heavy (non-hydrogen) atoms. The Balaban J connectivity index is 2.80. The molecule has 2 aliphatic rings. The summed E-state index contributed by atoms with van der Waals surface area (Å²) in [6.07, 6.45) is 0. The maximum absolute atomic E-state index is 6.95. The highest BCUT2D eigenvalue weighted by Gasteiger charge is 2.62. The van der Waals surface area contributed by atoms with Crippen LogP contribution in [0.4, 0.5) is 0 Å². The molecule has 0 aliphatic heterocycles. The lowest BCUT2D eigenvalue weighted by atomic mass is 10.0. The fourth-order valence-electron chi connectivity index (χ4n) is 4.71. The minimum absolute atomic E-state index is 0.0796. The Bertz CT molecular complexity index is 606. The van der Waals surface area contributed by atoms with Gasteiger partial charge in [0.2, 0.25) is 0 Å². The Hall–Kier alpha value is -0.243. The van der Waals surface area contributed by atoms with Gasteiger partial charge in [-0.15, -0.1) is 0 Å². The molecule has 0 heterocycles. The van der Waals surface area contributed by atoms with E-state index in [1.54, 1.807) is 0 Å². The van der Waals surface area contributed by atoms with Gasteiger partial charge in [-0.2, -0.15) is 0 Å². The first kappa shape index (κ1) is 19.1. The second-order valence-electron chi connectivity index (χ2n) is 8.25. The summed E-state index contributed by atoms with van der Waals surface area (Å²) >= 11 is 13.9. The summed E-state index contributed by atoms with van der Waals surface area (Å²) in [6.45, 7) is 22.9. The Morgan fingerprint density at radius 1 is 0.609 bits per heavy atom. The highest BCUT2D eigenvalue weighted by Crippen LogP contribution is 2.71. The van der Waals surface area contributed by atoms with Crippen molar-refractivity contribution in [3.63, 3.8) is 0 Å². The van der Waals surface area contributed by atoms with Gasteiger partial charge in [0.05, 0.1) is 8.07 Å². The minimum Gasteiger partial charge on any atom is -0.0882 e. The van der Waals surface area contributed by atoms with E-state index in [9.17, 15) is 0 Å². The Morgan fingerprint density at radius 3 is 1.04 bits per heavy atom. The van der Waals surface area contributed by atoms with Crippen LogP contribution in [0, 0.1) is 0 Å². The summed E-state index contributed by atoms with van der Waals surface area (Å²) in [6, 6.07) is 0. The van der Waals surface area contributed by atoms with Crippen molar-refractivity contribution in [3.8, 4) is 0 Å². The molecule has 2 rings (SSSR count). The average Bonchev–Trinajstić information content (AvgIpc) is 2.76. The molecule has 0 N–H and O–H groups in total. The van der Waals surface area contributed by atoms with E-state index >= 15 is 0 Å². The van der Waals surface area contributed by atoms with Crippen LogP contribution in [0.25, 0.3) is 0 Å². The van der Waals surface area contributed by atoms with Crippen LogP contribution in [-0.2, 0) is 0 Å². The second-order valence-corrected chi connectivity index (χ2v) is 14.3. The van der Waals surface area contributed by atoms with Crippen molar-refractivity contribution in [1.82, 2.24) is 0 Å². The smallest absolute Gasteiger partial charge is 0.0814 e. The highest BCUT2D eigenvalue weighted by atomic mass is 35.5. The third kappa shape index (κ3) is 1.96. The molecule has 0 fully saturated rings. The van der Waals surface area contributed by atoms with E-state index in [2.05, 4.69) is 68.5 Å². The lowest BCUT2D eigenvalue weighted by Crippen LogP contribution is -2.51. The van der Waals surface area contributed by atoms with Gasteiger partial charge in [0.1, 0.15) is 0 Å². The topological polar surface area (TPSA) is 0 Å². The van der Waals surface area contributed by atoms with Crippen molar-refractivity contribution < 1.29 is 0 Å². The van der Waals surface area contributed by atoms with Crippen LogP contribution in [0.2, 0.25) is 23.2 Å². The zero-order valence-electron chi connectivity index (χ0n) is 16.3. The molecule has 2 aliphatic carbocycles. The minimum atomic E-state index is -2.00. The first-order chi connectivity index (χ1) is 10.3. The van der Waals surface area contributed by atoms with Gasteiger partial charge in [0, 0.05) is 20.1 Å². The average molecular weight is 369 g/mol. The van der Waals surface area contributed by atoms with Crippen LogP contribution in [0.3, 0.4) is 0 Å². The van der Waals surface area contributed by atoms with Gasteiger partial charge in [-0.25, -0.2) is 0 Å². The molecule has 0 aromatic rings. The van der Waals surface area contributed by atoms with Gasteiger partial charge in [-0.1, -0.05) is 61.3 Å². The van der Waals surface area contributed by atoms with E-state index in [0.717, 1.165) is 10.1 Å². The molecule has 0 bridgehead atoms. The van der Waals surface area contributed by atoms with E-state index in [0.29, 0.717) is 0 Å². The highest BCUT2D eigenvalue weighted by molar-refractivity contribution is 6.88. The molecule has 0 radical (unpaired) electrons. The Kier molecular flexibility index (Phi) is 4.46. The van der Waals surface area contributed by atoms with Crippen molar-refractivity contribution >= 4 is 31.3 Å². The quantitative estimate of drug-likeness (QED) is 0.433. The van der Waals surface area contributed by atoms with E-state index in [4.69, 9.17) is 23.2 Å². The number of halogens is 2. The van der Waals surface area contributed by atoms with Gasteiger partial charge in [0.15, 0.2) is 0 Å². The van der Waals surface area contributed by atoms with E-state index in [1.165, 1.54) is 33.4 Å². The molecule has 0 aromatic heterocycles. The standard InChI is InChI=1S/C20H30Cl2Si/c1-11-13(3)17(21)19(7,15(11)5)23(9,10)20(8)16(6)12(2)14(4)18(20)22/h1-10H3. The SMILES string of the molecule is CC1=C(C)C(C)([Si](C)(C)C2(C)C(C)=C(C)C(C)=C2Cl)C(Cl)=C1C. The molecular formula is C20H30Cl2Si. The fourth-order valence-corrected chi connectivity index (χ4v) is 11.4. The summed E-state index contributed by atoms with van der Waals surface area (Å²) in [5.41, 5.74) is 8.08. The largest absolute Gasteiger partial charge is 0.0882 e. The van der Waals surface area contributed by atoms with Crippen LogP contribution in [0.5, 0.6) is 0 Å². The van der Waals surface area contributed by atoms with Gasteiger partial charge < -0.3 is 0 Å². The van der Waals surface area contributed by atoms with Crippen LogP contribution in [0.1, 0.15) is 55.4 Å². The van der Waals surface area contributed by atoms with Gasteiger partial charge in [0.25, 0.3) is 0 Å². The first-order valence-electron chi connectivity index (χ1n) is 8.38. The monoisotopic (exact) mass is 368 g/mol. The van der Waals surface area contributed by atoms with E-state index in [1.807, 2.05) is 0 Å². The number of allylic oxidation sites excluding steroid dienone is 8. The van der Waals surface area contributed by atoms with E-state index in [-0.39, 0.29) is 10.1 Å². The van der Waals surface area contributed by atoms with Crippen LogP contribution in [0.15, 0.2) is 43.5 Å². The number of hydrogen-bond acceptors (Lipinski definition) is 0. The van der Waals surface area contributed by atoms with Crippen molar-refractivity contribution in [3.05, 3.63) is 43.5 Å². The van der Waals surface area contributed by atoms with Crippen molar-refractivity contribution in [2.24, 2.45) is 0 Å². The molecule has 2 atom stereocenters. The van der Waals surface area contributed by atoms with Gasteiger partial charge >= 0.3 is 0 Å². The molecule has 128 valence electrons. The predicted octanol–water partition coefficient (Wildman–Crippen LogP) is 7.94. The third-order valence-corrected chi connectivity index (χ3v) is 15.7. The molecule has 0 aromatic carbocycles. The summed E-state index contributed by atoms with van der Waals surface area (Å²) < 4.78 is 0. The zero-order valence-corrected chi connectivity index (χ0v) is 18.8. The summed E-state index contributed by atoms with van der Waals surface area (Å²) in [4.78, 5) is 0. The van der Waals surface area contributed by atoms with Gasteiger partial charge in [-0.05, 0) is 63.8 Å². The Labute approximate surface area is 153 Å². The number of hydrogen-bond donors (Lipinski definition) is 0. The molecule has 3 heteroatoms. The maximum atomic E-state index is 6.95. The molecule has 0 saturated carbocycles. The van der Waals surface area contributed by atoms with Crippen molar-refractivity contribution in [2.75, 3.05) is 0 Å². The lowest BCUT2D eigenvalue weighted by Gasteiger charge is -2.53. The molecule has 0 nitrogen and oxygen atoms in total. The molecule has 0 saturated heterocycles. The zero-order chi connectivity index (χ0) is 18.1. The molecule has 0 amide bonds. The normalized spacial score (nSPS) is 32.9. The molecule has 0 spiro atoms. The van der Waals surface area contributed by atoms with Crippen molar-refractivity contribution in [2.45, 2.75) is 78.6 Å². The lowest BCUT2D eigenvalue weighted by molar-refractivity contribution is 0.733. The molecule has 2 unspecified atom stereocenters. The van der Waals surface area contributed by atoms with Crippen LogP contribution < -0.4 is 0 Å². The fraction of sp³-hybridized carbons (Fsp3) is 0.600. The second kappa shape index (κ2) is 5.38. The molecular weight excluding hydrogens is 339 g/mol.